The third kappa shape index (κ3) is 2.82. The highest BCUT2D eigenvalue weighted by Gasteiger charge is 2.34. The van der Waals surface area contributed by atoms with Gasteiger partial charge in [-0.3, -0.25) is 19.4 Å². The van der Waals surface area contributed by atoms with E-state index < -0.39 is 0 Å². The number of amides is 1. The van der Waals surface area contributed by atoms with Gasteiger partial charge in [0.25, 0.3) is 11.5 Å². The second-order valence-electron chi connectivity index (χ2n) is 6.71. The van der Waals surface area contributed by atoms with Crippen LogP contribution in [0.15, 0.2) is 58.4 Å². The fourth-order valence-electron chi connectivity index (χ4n) is 3.23. The van der Waals surface area contributed by atoms with Gasteiger partial charge >= 0.3 is 0 Å². The average molecular weight is 361 g/mol. The molecule has 2 aromatic carbocycles. The zero-order valence-corrected chi connectivity index (χ0v) is 15.4. The zero-order valence-electron chi connectivity index (χ0n) is 15.4. The Morgan fingerprint density at radius 3 is 2.52 bits per heavy atom. The minimum absolute atomic E-state index is 0.232. The molecule has 0 saturated heterocycles. The fraction of sp³-hybridized carbons (Fsp3) is 0.200. The first-order chi connectivity index (χ1) is 13.0. The first-order valence-corrected chi connectivity index (χ1v) is 8.61. The molecule has 0 aliphatic carbocycles. The lowest BCUT2D eigenvalue weighted by Gasteiger charge is -2.21. The van der Waals surface area contributed by atoms with Crippen LogP contribution in [-0.2, 0) is 4.79 Å². The third-order valence-corrected chi connectivity index (χ3v) is 4.44. The fourth-order valence-corrected chi connectivity index (χ4v) is 3.23. The summed E-state index contributed by atoms with van der Waals surface area (Å²) >= 11 is 0. The van der Waals surface area contributed by atoms with Crippen molar-refractivity contribution in [1.29, 1.82) is 0 Å². The van der Waals surface area contributed by atoms with E-state index in [2.05, 4.69) is 10.1 Å². The van der Waals surface area contributed by atoms with Crippen molar-refractivity contribution in [3.63, 3.8) is 0 Å². The number of para-hydroxylation sites is 2. The van der Waals surface area contributed by atoms with E-state index >= 15 is 0 Å². The van der Waals surface area contributed by atoms with Gasteiger partial charge in [-0.15, -0.1) is 0 Å². The first-order valence-electron chi connectivity index (χ1n) is 8.61. The molecular formula is C20H19N5O2. The standard InChI is InChI=1S/C20H19N5O2/c1-13-21-16-10-6-4-8-14(16)19(26)25(13)22-18-15-9-5-7-11-17(15)24(20(18)27)12-23(2)3/h4-11H,12H2,1-3H3/b22-18+. The summed E-state index contributed by atoms with van der Waals surface area (Å²) in [6.45, 7) is 2.14. The van der Waals surface area contributed by atoms with Gasteiger partial charge < -0.3 is 0 Å². The third-order valence-electron chi connectivity index (χ3n) is 4.44. The Balaban J connectivity index is 1.91. The Morgan fingerprint density at radius 1 is 1.04 bits per heavy atom. The van der Waals surface area contributed by atoms with Crippen LogP contribution in [0, 0.1) is 6.92 Å². The zero-order chi connectivity index (χ0) is 19.1. The van der Waals surface area contributed by atoms with Crippen LogP contribution in [0.3, 0.4) is 0 Å². The van der Waals surface area contributed by atoms with Crippen molar-refractivity contribution < 1.29 is 4.79 Å². The lowest BCUT2D eigenvalue weighted by molar-refractivity contribution is -0.112. The van der Waals surface area contributed by atoms with Crippen molar-refractivity contribution in [1.82, 2.24) is 14.6 Å². The van der Waals surface area contributed by atoms with Crippen LogP contribution in [0.25, 0.3) is 10.9 Å². The smallest absolute Gasteiger partial charge is 0.282 e. The molecule has 2 heterocycles. The van der Waals surface area contributed by atoms with E-state index in [1.54, 1.807) is 30.0 Å². The van der Waals surface area contributed by atoms with Gasteiger partial charge in [0, 0.05) is 5.56 Å². The van der Waals surface area contributed by atoms with Crippen LogP contribution >= 0.6 is 0 Å². The number of rotatable bonds is 3. The molecule has 0 bridgehead atoms. The van der Waals surface area contributed by atoms with E-state index in [1.165, 1.54) is 4.68 Å². The monoisotopic (exact) mass is 361 g/mol. The highest BCUT2D eigenvalue weighted by atomic mass is 16.2. The molecule has 4 rings (SSSR count). The number of hydrogen-bond donors (Lipinski definition) is 0. The molecule has 0 saturated carbocycles. The van der Waals surface area contributed by atoms with Gasteiger partial charge in [-0.2, -0.15) is 9.78 Å². The normalized spacial score (nSPS) is 15.2. The van der Waals surface area contributed by atoms with Gasteiger partial charge in [0.15, 0.2) is 5.71 Å². The lowest BCUT2D eigenvalue weighted by Crippen LogP contribution is -2.38. The number of anilines is 1. The minimum atomic E-state index is -0.290. The summed E-state index contributed by atoms with van der Waals surface area (Å²) in [5, 5.41) is 4.90. The molecule has 1 amide bonds. The summed E-state index contributed by atoms with van der Waals surface area (Å²) in [5.41, 5.74) is 2.07. The molecule has 1 aromatic heterocycles. The molecule has 27 heavy (non-hydrogen) atoms. The van der Waals surface area contributed by atoms with Gasteiger partial charge in [-0.05, 0) is 39.2 Å². The average Bonchev–Trinajstić information content (AvgIpc) is 2.90. The number of fused-ring (bicyclic) bond motifs is 2. The molecule has 7 nitrogen and oxygen atoms in total. The molecular weight excluding hydrogens is 342 g/mol. The number of hydrogen-bond acceptors (Lipinski definition) is 5. The molecule has 0 spiro atoms. The SMILES string of the molecule is Cc1nc2ccccc2c(=O)n1/N=C1/C(=O)N(CN(C)C)c2ccccc21. The van der Waals surface area contributed by atoms with E-state index in [-0.39, 0.29) is 17.2 Å². The number of benzene rings is 2. The predicted molar refractivity (Wildman–Crippen MR) is 105 cm³/mol. The second-order valence-corrected chi connectivity index (χ2v) is 6.71. The minimum Gasteiger partial charge on any atom is -0.293 e. The molecule has 0 radical (unpaired) electrons. The number of nitrogens with zero attached hydrogens (tertiary/aromatic N) is 5. The van der Waals surface area contributed by atoms with Crippen LogP contribution in [0.2, 0.25) is 0 Å². The largest absolute Gasteiger partial charge is 0.293 e. The van der Waals surface area contributed by atoms with Crippen LogP contribution in [0.4, 0.5) is 5.69 Å². The Bertz CT molecular complexity index is 1150. The molecule has 3 aromatic rings. The van der Waals surface area contributed by atoms with E-state index in [0.29, 0.717) is 29.0 Å². The molecule has 1 aliphatic rings. The van der Waals surface area contributed by atoms with Crippen LogP contribution < -0.4 is 10.5 Å². The molecule has 136 valence electrons. The Labute approximate surface area is 156 Å². The number of aryl methyl sites for hydroxylation is 1. The Kier molecular flexibility index (Phi) is 4.08. The Morgan fingerprint density at radius 2 is 1.74 bits per heavy atom. The maximum atomic E-state index is 13.0. The first kappa shape index (κ1) is 17.1. The summed E-state index contributed by atoms with van der Waals surface area (Å²) in [5.74, 6) is 0.201. The predicted octanol–water partition coefficient (Wildman–Crippen LogP) is 1.82. The summed E-state index contributed by atoms with van der Waals surface area (Å²) in [6.07, 6.45) is 0. The van der Waals surface area contributed by atoms with Crippen molar-refractivity contribution in [2.45, 2.75) is 6.92 Å². The van der Waals surface area contributed by atoms with Gasteiger partial charge in [0.1, 0.15) is 5.82 Å². The summed E-state index contributed by atoms with van der Waals surface area (Å²) in [6, 6.07) is 14.6. The molecule has 0 fully saturated rings. The maximum Gasteiger partial charge on any atom is 0.282 e. The lowest BCUT2D eigenvalue weighted by atomic mass is 10.1. The molecule has 7 heteroatoms. The molecule has 0 N–H and O–H groups in total. The van der Waals surface area contributed by atoms with Crippen LogP contribution in [-0.4, -0.2) is 46.9 Å². The maximum absolute atomic E-state index is 13.0. The summed E-state index contributed by atoms with van der Waals surface area (Å²) < 4.78 is 1.21. The van der Waals surface area contributed by atoms with E-state index in [1.807, 2.05) is 49.3 Å². The second kappa shape index (κ2) is 6.44. The highest BCUT2D eigenvalue weighted by molar-refractivity contribution is 6.54. The molecule has 0 atom stereocenters. The quantitative estimate of drug-likeness (QED) is 0.714. The van der Waals surface area contributed by atoms with Gasteiger partial charge in [0.2, 0.25) is 0 Å². The molecule has 1 aliphatic heterocycles. The van der Waals surface area contributed by atoms with E-state index in [9.17, 15) is 9.59 Å². The topological polar surface area (TPSA) is 70.8 Å². The van der Waals surface area contributed by atoms with Crippen LogP contribution in [0.1, 0.15) is 11.4 Å². The highest BCUT2D eigenvalue weighted by Crippen LogP contribution is 2.29. The van der Waals surface area contributed by atoms with E-state index in [0.717, 1.165) is 5.69 Å². The van der Waals surface area contributed by atoms with Crippen molar-refractivity contribution in [3.8, 4) is 0 Å². The Hall–Kier alpha value is -3.32. The van der Waals surface area contributed by atoms with Crippen molar-refractivity contribution >= 4 is 28.2 Å². The summed E-state index contributed by atoms with van der Waals surface area (Å²) in [4.78, 5) is 33.9. The van der Waals surface area contributed by atoms with Gasteiger partial charge in [-0.1, -0.05) is 30.3 Å². The number of carbonyl (C=O) groups is 1. The number of carbonyl (C=O) groups excluding carboxylic acids is 1. The molecule has 0 unspecified atom stereocenters. The van der Waals surface area contributed by atoms with Crippen molar-refractivity contribution in [2.24, 2.45) is 5.10 Å². The van der Waals surface area contributed by atoms with E-state index in [4.69, 9.17) is 0 Å². The van der Waals surface area contributed by atoms with Gasteiger partial charge in [0.05, 0.1) is 23.3 Å². The van der Waals surface area contributed by atoms with Crippen molar-refractivity contribution in [2.75, 3.05) is 25.7 Å². The van der Waals surface area contributed by atoms with Crippen LogP contribution in [0.5, 0.6) is 0 Å². The van der Waals surface area contributed by atoms with Crippen molar-refractivity contribution in [3.05, 3.63) is 70.3 Å². The summed E-state index contributed by atoms with van der Waals surface area (Å²) in [7, 11) is 3.79. The van der Waals surface area contributed by atoms with Gasteiger partial charge in [-0.25, -0.2) is 4.98 Å². The number of aromatic nitrogens is 2.